The van der Waals surface area contributed by atoms with Crippen LogP contribution in [0.4, 0.5) is 5.69 Å². The van der Waals surface area contributed by atoms with Crippen LogP contribution in [0.25, 0.3) is 22.2 Å². The van der Waals surface area contributed by atoms with Gasteiger partial charge in [0.05, 0.1) is 22.5 Å². The quantitative estimate of drug-likeness (QED) is 0.431. The Morgan fingerprint density at radius 3 is 2.31 bits per heavy atom. The number of aromatic nitrogens is 1. The average molecular weight is 478 g/mol. The van der Waals surface area contributed by atoms with Gasteiger partial charge in [-0.1, -0.05) is 66.2 Å². The van der Waals surface area contributed by atoms with Crippen LogP contribution in [0.3, 0.4) is 0 Å². The lowest BCUT2D eigenvalue weighted by Crippen LogP contribution is -2.47. The molecule has 0 saturated carbocycles. The normalized spacial score (nSPS) is 13.3. The Labute approximate surface area is 207 Å². The van der Waals surface area contributed by atoms with Gasteiger partial charge in [0.2, 0.25) is 5.91 Å². The number of hydrazone groups is 1. The molecule has 0 fully saturated rings. The third-order valence-corrected chi connectivity index (χ3v) is 5.89. The number of aryl methyl sites for hydroxylation is 1. The number of carbonyl (C=O) groups excluding carboxylic acids is 3. The van der Waals surface area contributed by atoms with Gasteiger partial charge in [0.15, 0.2) is 0 Å². The zero-order chi connectivity index (χ0) is 25.1. The number of hydrazine groups is 1. The van der Waals surface area contributed by atoms with Crippen LogP contribution in [-0.4, -0.2) is 28.4 Å². The SMILES string of the molecule is Cc1ccc(-c2cc(C(=O)NNC(=O)C3=NN(c4ccccc4)C(=O)CC3)c3ccccc3n2)cc1. The van der Waals surface area contributed by atoms with E-state index in [1.54, 1.807) is 30.3 Å². The number of anilines is 1. The Kier molecular flexibility index (Phi) is 6.23. The number of nitrogens with zero attached hydrogens (tertiary/aromatic N) is 3. The van der Waals surface area contributed by atoms with Crippen molar-refractivity contribution in [3.05, 3.63) is 96.1 Å². The molecule has 3 amide bonds. The van der Waals surface area contributed by atoms with Crippen LogP contribution in [0.15, 0.2) is 90.0 Å². The molecule has 0 aliphatic carbocycles. The zero-order valence-electron chi connectivity index (χ0n) is 19.6. The molecule has 0 atom stereocenters. The Morgan fingerprint density at radius 2 is 1.53 bits per heavy atom. The van der Waals surface area contributed by atoms with Crippen molar-refractivity contribution in [2.24, 2.45) is 5.10 Å². The van der Waals surface area contributed by atoms with Gasteiger partial charge in [-0.25, -0.2) is 9.99 Å². The Morgan fingerprint density at radius 1 is 0.833 bits per heavy atom. The van der Waals surface area contributed by atoms with Crippen molar-refractivity contribution in [2.45, 2.75) is 19.8 Å². The van der Waals surface area contributed by atoms with E-state index in [2.05, 4.69) is 16.0 Å². The Hall–Kier alpha value is -4.85. The first-order chi connectivity index (χ1) is 17.5. The maximum absolute atomic E-state index is 13.2. The minimum atomic E-state index is -0.575. The standard InChI is InChI=1S/C28H23N5O3/c1-18-11-13-19(14-12-18)25-17-22(21-9-5-6-10-23(21)29-25)27(35)30-31-28(36)24-15-16-26(34)33(32-24)20-7-3-2-4-8-20/h2-14,17H,15-16H2,1H3,(H,30,35)(H,31,36). The molecule has 4 aromatic rings. The molecule has 36 heavy (non-hydrogen) atoms. The van der Waals surface area contributed by atoms with E-state index in [1.807, 2.05) is 61.5 Å². The monoisotopic (exact) mass is 477 g/mol. The summed E-state index contributed by atoms with van der Waals surface area (Å²) >= 11 is 0. The number of fused-ring (bicyclic) bond motifs is 1. The van der Waals surface area contributed by atoms with Crippen molar-refractivity contribution in [3.8, 4) is 11.3 Å². The summed E-state index contributed by atoms with van der Waals surface area (Å²) in [5, 5.41) is 6.10. The molecular formula is C28H23N5O3. The van der Waals surface area contributed by atoms with E-state index >= 15 is 0 Å². The van der Waals surface area contributed by atoms with E-state index in [1.165, 1.54) is 5.01 Å². The molecule has 1 aromatic heterocycles. The molecule has 0 spiro atoms. The molecule has 0 bridgehead atoms. The minimum Gasteiger partial charge on any atom is -0.273 e. The molecule has 8 heteroatoms. The van der Waals surface area contributed by atoms with Crippen molar-refractivity contribution in [1.29, 1.82) is 0 Å². The fraction of sp³-hybridized carbons (Fsp3) is 0.107. The zero-order valence-corrected chi connectivity index (χ0v) is 19.6. The fourth-order valence-corrected chi connectivity index (χ4v) is 3.98. The maximum Gasteiger partial charge on any atom is 0.285 e. The van der Waals surface area contributed by atoms with Gasteiger partial charge in [-0.2, -0.15) is 5.10 Å². The molecule has 1 aliphatic heterocycles. The molecule has 5 rings (SSSR count). The van der Waals surface area contributed by atoms with Crippen LogP contribution in [0.2, 0.25) is 0 Å². The van der Waals surface area contributed by atoms with E-state index in [-0.39, 0.29) is 24.5 Å². The van der Waals surface area contributed by atoms with Gasteiger partial charge >= 0.3 is 0 Å². The average Bonchev–Trinajstić information content (AvgIpc) is 2.92. The lowest BCUT2D eigenvalue weighted by Gasteiger charge is -2.23. The van der Waals surface area contributed by atoms with Gasteiger partial charge in [-0.05, 0) is 31.2 Å². The predicted octanol–water partition coefficient (Wildman–Crippen LogP) is 4.15. The van der Waals surface area contributed by atoms with Gasteiger partial charge in [-0.15, -0.1) is 0 Å². The summed E-state index contributed by atoms with van der Waals surface area (Å²) in [7, 11) is 0. The fourth-order valence-electron chi connectivity index (χ4n) is 3.98. The van der Waals surface area contributed by atoms with Crippen LogP contribution in [0, 0.1) is 6.92 Å². The highest BCUT2D eigenvalue weighted by atomic mass is 16.2. The molecule has 178 valence electrons. The van der Waals surface area contributed by atoms with Crippen LogP contribution in [-0.2, 0) is 9.59 Å². The molecule has 0 saturated heterocycles. The van der Waals surface area contributed by atoms with Gasteiger partial charge < -0.3 is 0 Å². The number of hydrogen-bond donors (Lipinski definition) is 2. The van der Waals surface area contributed by atoms with Gasteiger partial charge in [0, 0.05) is 23.8 Å². The molecule has 2 heterocycles. The van der Waals surface area contributed by atoms with Crippen molar-refractivity contribution in [1.82, 2.24) is 15.8 Å². The van der Waals surface area contributed by atoms with E-state index in [9.17, 15) is 14.4 Å². The number of carbonyl (C=O) groups is 3. The molecular weight excluding hydrogens is 454 g/mol. The first-order valence-corrected chi connectivity index (χ1v) is 11.5. The third-order valence-electron chi connectivity index (χ3n) is 5.89. The number of para-hydroxylation sites is 2. The van der Waals surface area contributed by atoms with Gasteiger partial charge in [0.1, 0.15) is 5.71 Å². The number of amides is 3. The van der Waals surface area contributed by atoms with E-state index in [0.29, 0.717) is 27.8 Å². The highest BCUT2D eigenvalue weighted by molar-refractivity contribution is 6.40. The third kappa shape index (κ3) is 4.69. The second kappa shape index (κ2) is 9.79. The molecule has 3 aromatic carbocycles. The van der Waals surface area contributed by atoms with Gasteiger partial charge in [-0.3, -0.25) is 25.2 Å². The van der Waals surface area contributed by atoms with Crippen molar-refractivity contribution < 1.29 is 14.4 Å². The van der Waals surface area contributed by atoms with E-state index in [4.69, 9.17) is 4.98 Å². The summed E-state index contributed by atoms with van der Waals surface area (Å²) in [5.74, 6) is -1.26. The van der Waals surface area contributed by atoms with Crippen LogP contribution < -0.4 is 15.9 Å². The number of hydrogen-bond acceptors (Lipinski definition) is 5. The Bertz CT molecular complexity index is 1500. The lowest BCUT2D eigenvalue weighted by molar-refractivity contribution is -0.119. The first kappa shape index (κ1) is 22.9. The number of rotatable bonds is 4. The summed E-state index contributed by atoms with van der Waals surface area (Å²) in [4.78, 5) is 43.0. The molecule has 2 N–H and O–H groups in total. The Balaban J connectivity index is 1.37. The highest BCUT2D eigenvalue weighted by Gasteiger charge is 2.26. The summed E-state index contributed by atoms with van der Waals surface area (Å²) < 4.78 is 0. The van der Waals surface area contributed by atoms with Crippen molar-refractivity contribution in [3.63, 3.8) is 0 Å². The van der Waals surface area contributed by atoms with Crippen molar-refractivity contribution in [2.75, 3.05) is 5.01 Å². The van der Waals surface area contributed by atoms with Crippen molar-refractivity contribution >= 4 is 40.0 Å². The summed E-state index contributed by atoms with van der Waals surface area (Å²) in [6.07, 6.45) is 0.323. The lowest BCUT2D eigenvalue weighted by atomic mass is 10.0. The predicted molar refractivity (Wildman–Crippen MR) is 138 cm³/mol. The summed E-state index contributed by atoms with van der Waals surface area (Å²) in [5.41, 5.74) is 9.36. The summed E-state index contributed by atoms with van der Waals surface area (Å²) in [6, 6.07) is 25.8. The first-order valence-electron chi connectivity index (χ1n) is 11.5. The van der Waals surface area contributed by atoms with E-state index in [0.717, 1.165) is 11.1 Å². The summed E-state index contributed by atoms with van der Waals surface area (Å²) in [6.45, 7) is 2.00. The number of nitrogens with one attached hydrogen (secondary N) is 2. The molecule has 1 aliphatic rings. The second-order valence-corrected chi connectivity index (χ2v) is 8.43. The number of pyridine rings is 1. The van der Waals surface area contributed by atoms with Crippen LogP contribution in [0.5, 0.6) is 0 Å². The van der Waals surface area contributed by atoms with E-state index < -0.39 is 11.8 Å². The van der Waals surface area contributed by atoms with Crippen LogP contribution >= 0.6 is 0 Å². The number of benzene rings is 3. The molecule has 0 unspecified atom stereocenters. The highest BCUT2D eigenvalue weighted by Crippen LogP contribution is 2.25. The van der Waals surface area contributed by atoms with Gasteiger partial charge in [0.25, 0.3) is 11.8 Å². The molecule has 0 radical (unpaired) electrons. The van der Waals surface area contributed by atoms with Crippen LogP contribution in [0.1, 0.15) is 28.8 Å². The molecule has 8 nitrogen and oxygen atoms in total. The second-order valence-electron chi connectivity index (χ2n) is 8.43. The smallest absolute Gasteiger partial charge is 0.273 e. The largest absolute Gasteiger partial charge is 0.285 e. The topological polar surface area (TPSA) is 104 Å². The maximum atomic E-state index is 13.2. The minimum absolute atomic E-state index is 0.143.